The molecular weight excluding hydrogens is 381 g/mol. The Morgan fingerprint density at radius 1 is 1.21 bits per heavy atom. The number of fused-ring (bicyclic) bond motifs is 1. The quantitative estimate of drug-likeness (QED) is 0.704. The number of primary amides is 1. The van der Waals surface area contributed by atoms with Gasteiger partial charge in [0.1, 0.15) is 16.6 Å². The van der Waals surface area contributed by atoms with Gasteiger partial charge in [0.05, 0.1) is 11.3 Å². The number of anilines is 1. The minimum atomic E-state index is -0.546. The number of nitrogens with two attached hydrogens (primary N) is 1. The average Bonchev–Trinajstić information content (AvgIpc) is 3.22. The van der Waals surface area contributed by atoms with Crippen molar-refractivity contribution in [1.29, 1.82) is 0 Å². The molecule has 9 heteroatoms. The number of halogens is 1. The van der Waals surface area contributed by atoms with Gasteiger partial charge in [0.15, 0.2) is 0 Å². The van der Waals surface area contributed by atoms with Crippen LogP contribution in [0.15, 0.2) is 24.3 Å². The first kappa shape index (κ1) is 18.3. The Bertz CT molecular complexity index is 1070. The van der Waals surface area contributed by atoms with Crippen molar-refractivity contribution >= 4 is 28.2 Å². The van der Waals surface area contributed by atoms with Crippen LogP contribution in [0.4, 0.5) is 9.39 Å². The summed E-state index contributed by atoms with van der Waals surface area (Å²) in [5.41, 5.74) is 7.49. The number of carbonyl (C=O) groups is 2. The standard InChI is InChI=1S/C19H18FN5O2S/c1-10-22-17(24-25(10)12-8-6-11(20)7-9-12)18(27)23-19-15(16(21)26)13-4-2-3-5-14(13)28-19/h6-9H,2-5H2,1H3,(H2,21,26)(H,23,27). The second-order valence-electron chi connectivity index (χ2n) is 6.60. The molecule has 7 nitrogen and oxygen atoms in total. The van der Waals surface area contributed by atoms with Crippen LogP contribution in [0.25, 0.3) is 5.69 Å². The summed E-state index contributed by atoms with van der Waals surface area (Å²) in [6, 6.07) is 5.73. The molecule has 0 fully saturated rings. The molecule has 0 spiro atoms. The van der Waals surface area contributed by atoms with E-state index in [-0.39, 0.29) is 11.6 Å². The first-order chi connectivity index (χ1) is 13.4. The van der Waals surface area contributed by atoms with E-state index in [9.17, 15) is 14.0 Å². The van der Waals surface area contributed by atoms with Gasteiger partial charge < -0.3 is 11.1 Å². The van der Waals surface area contributed by atoms with E-state index >= 15 is 0 Å². The maximum absolute atomic E-state index is 13.1. The van der Waals surface area contributed by atoms with Gasteiger partial charge in [0.2, 0.25) is 5.82 Å². The Labute approximate surface area is 164 Å². The van der Waals surface area contributed by atoms with Crippen molar-refractivity contribution in [3.63, 3.8) is 0 Å². The van der Waals surface area contributed by atoms with Crippen LogP contribution >= 0.6 is 11.3 Å². The highest BCUT2D eigenvalue weighted by Gasteiger charge is 2.26. The molecule has 2 aromatic heterocycles. The number of amides is 2. The van der Waals surface area contributed by atoms with Crippen LogP contribution in [0.1, 0.15) is 50.1 Å². The topological polar surface area (TPSA) is 103 Å². The van der Waals surface area contributed by atoms with Gasteiger partial charge in [-0.1, -0.05) is 0 Å². The smallest absolute Gasteiger partial charge is 0.295 e. The number of hydrogen-bond donors (Lipinski definition) is 2. The van der Waals surface area contributed by atoms with Crippen molar-refractivity contribution in [2.24, 2.45) is 5.73 Å². The SMILES string of the molecule is Cc1nc(C(=O)Nc2sc3c(c2C(N)=O)CCCC3)nn1-c1ccc(F)cc1. The summed E-state index contributed by atoms with van der Waals surface area (Å²) in [6.45, 7) is 1.70. The second-order valence-corrected chi connectivity index (χ2v) is 7.71. The minimum Gasteiger partial charge on any atom is -0.365 e. The van der Waals surface area contributed by atoms with E-state index < -0.39 is 11.8 Å². The third-order valence-electron chi connectivity index (χ3n) is 4.69. The molecule has 0 saturated carbocycles. The fourth-order valence-electron chi connectivity index (χ4n) is 3.39. The molecule has 1 aromatic carbocycles. The van der Waals surface area contributed by atoms with Crippen LogP contribution in [-0.4, -0.2) is 26.6 Å². The predicted molar refractivity (Wildman–Crippen MR) is 103 cm³/mol. The molecule has 3 N–H and O–H groups in total. The van der Waals surface area contributed by atoms with Gasteiger partial charge in [-0.2, -0.15) is 0 Å². The van der Waals surface area contributed by atoms with E-state index in [2.05, 4.69) is 15.4 Å². The molecule has 2 heterocycles. The van der Waals surface area contributed by atoms with Crippen LogP contribution in [0.2, 0.25) is 0 Å². The third kappa shape index (κ3) is 3.29. The van der Waals surface area contributed by atoms with E-state index in [1.807, 2.05) is 0 Å². The Balaban J connectivity index is 1.63. The van der Waals surface area contributed by atoms with Gasteiger partial charge in [-0.05, 0) is 62.4 Å². The second kappa shape index (κ2) is 7.16. The molecule has 1 aliphatic carbocycles. The lowest BCUT2D eigenvalue weighted by Crippen LogP contribution is -2.19. The van der Waals surface area contributed by atoms with Crippen LogP contribution in [0.3, 0.4) is 0 Å². The number of hydrogen-bond acceptors (Lipinski definition) is 5. The van der Waals surface area contributed by atoms with Crippen LogP contribution in [0, 0.1) is 12.7 Å². The lowest BCUT2D eigenvalue weighted by molar-refractivity contribution is 0.100. The number of aromatic nitrogens is 3. The summed E-state index contributed by atoms with van der Waals surface area (Å²) in [5.74, 6) is -0.984. The molecule has 0 saturated heterocycles. The summed E-state index contributed by atoms with van der Waals surface area (Å²) in [5, 5.41) is 7.41. The Hall–Kier alpha value is -3.07. The van der Waals surface area contributed by atoms with Crippen molar-refractivity contribution < 1.29 is 14.0 Å². The molecule has 0 unspecified atom stereocenters. The zero-order valence-corrected chi connectivity index (χ0v) is 16.0. The highest BCUT2D eigenvalue weighted by Crippen LogP contribution is 2.38. The largest absolute Gasteiger partial charge is 0.365 e. The summed E-state index contributed by atoms with van der Waals surface area (Å²) in [6.07, 6.45) is 3.73. The molecule has 0 radical (unpaired) electrons. The van der Waals surface area contributed by atoms with Gasteiger partial charge in [0.25, 0.3) is 11.8 Å². The molecule has 4 rings (SSSR count). The van der Waals surface area contributed by atoms with Gasteiger partial charge in [0, 0.05) is 4.88 Å². The number of nitrogens with one attached hydrogen (secondary N) is 1. The van der Waals surface area contributed by atoms with Gasteiger partial charge in [-0.25, -0.2) is 14.1 Å². The number of nitrogens with zero attached hydrogens (tertiary/aromatic N) is 3. The summed E-state index contributed by atoms with van der Waals surface area (Å²) < 4.78 is 14.6. The number of thiophene rings is 1. The van der Waals surface area contributed by atoms with E-state index in [0.717, 1.165) is 36.1 Å². The van der Waals surface area contributed by atoms with E-state index in [1.165, 1.54) is 28.2 Å². The zero-order valence-electron chi connectivity index (χ0n) is 15.2. The van der Waals surface area contributed by atoms with Crippen LogP contribution < -0.4 is 11.1 Å². The molecule has 2 amide bonds. The fraction of sp³-hybridized carbons (Fsp3) is 0.263. The van der Waals surface area contributed by atoms with E-state index in [0.29, 0.717) is 22.1 Å². The summed E-state index contributed by atoms with van der Waals surface area (Å²) in [7, 11) is 0. The van der Waals surface area contributed by atoms with Crippen molar-refractivity contribution in [3.8, 4) is 5.69 Å². The summed E-state index contributed by atoms with van der Waals surface area (Å²) >= 11 is 1.39. The fourth-order valence-corrected chi connectivity index (χ4v) is 4.68. The highest BCUT2D eigenvalue weighted by atomic mass is 32.1. The van der Waals surface area contributed by atoms with Gasteiger partial charge in [-0.15, -0.1) is 16.4 Å². The van der Waals surface area contributed by atoms with Gasteiger partial charge in [-0.3, -0.25) is 9.59 Å². The van der Waals surface area contributed by atoms with Crippen molar-refractivity contribution in [2.75, 3.05) is 5.32 Å². The first-order valence-electron chi connectivity index (χ1n) is 8.89. The molecule has 0 atom stereocenters. The minimum absolute atomic E-state index is 0.0383. The Morgan fingerprint density at radius 2 is 1.93 bits per heavy atom. The Morgan fingerprint density at radius 3 is 2.64 bits per heavy atom. The monoisotopic (exact) mass is 399 g/mol. The van der Waals surface area contributed by atoms with Crippen LogP contribution in [0.5, 0.6) is 0 Å². The number of rotatable bonds is 4. The number of aryl methyl sites for hydroxylation is 2. The lowest BCUT2D eigenvalue weighted by atomic mass is 9.95. The van der Waals surface area contributed by atoms with Crippen LogP contribution in [-0.2, 0) is 12.8 Å². The maximum atomic E-state index is 13.1. The van der Waals surface area contributed by atoms with Crippen molar-refractivity contribution in [3.05, 3.63) is 57.7 Å². The molecule has 0 bridgehead atoms. The summed E-state index contributed by atoms with van der Waals surface area (Å²) in [4.78, 5) is 29.9. The van der Waals surface area contributed by atoms with E-state index in [4.69, 9.17) is 5.73 Å². The van der Waals surface area contributed by atoms with Gasteiger partial charge >= 0.3 is 0 Å². The van der Waals surface area contributed by atoms with E-state index in [1.54, 1.807) is 19.1 Å². The average molecular weight is 399 g/mol. The Kier molecular flexibility index (Phi) is 4.68. The number of benzene rings is 1. The number of carbonyl (C=O) groups excluding carboxylic acids is 2. The lowest BCUT2D eigenvalue weighted by Gasteiger charge is -2.11. The molecule has 3 aromatic rings. The highest BCUT2D eigenvalue weighted by molar-refractivity contribution is 7.17. The van der Waals surface area contributed by atoms with Crippen molar-refractivity contribution in [1.82, 2.24) is 14.8 Å². The molecule has 28 heavy (non-hydrogen) atoms. The maximum Gasteiger partial charge on any atom is 0.295 e. The molecule has 1 aliphatic rings. The zero-order chi connectivity index (χ0) is 19.8. The third-order valence-corrected chi connectivity index (χ3v) is 5.90. The normalized spacial score (nSPS) is 13.2. The predicted octanol–water partition coefficient (Wildman–Crippen LogP) is 3.01. The molecule has 0 aliphatic heterocycles. The first-order valence-corrected chi connectivity index (χ1v) is 9.71. The molecule has 144 valence electrons. The molecular formula is C19H18FN5O2S. The van der Waals surface area contributed by atoms with Crippen molar-refractivity contribution in [2.45, 2.75) is 32.6 Å².